The molecule has 6 nitrogen and oxygen atoms in total. The summed E-state index contributed by atoms with van der Waals surface area (Å²) in [7, 11) is 4.88. The van der Waals surface area contributed by atoms with Crippen LogP contribution in [0.1, 0.15) is 60.2 Å². The molecule has 0 spiro atoms. The van der Waals surface area contributed by atoms with Crippen LogP contribution in [0, 0.1) is 0 Å². The minimum atomic E-state index is -0.249. The normalized spacial score (nSPS) is 11.2. The third-order valence-corrected chi connectivity index (χ3v) is 6.36. The molecule has 3 rings (SSSR count). The minimum absolute atomic E-state index is 0.0701. The maximum Gasteiger partial charge on any atom is 0.287 e. The van der Waals surface area contributed by atoms with Gasteiger partial charge in [0.2, 0.25) is 0 Å². The number of ether oxygens (including phenoxy) is 3. The number of furan rings is 1. The van der Waals surface area contributed by atoms with E-state index in [1.807, 2.05) is 30.3 Å². The maximum atomic E-state index is 12.6. The Morgan fingerprint density at radius 3 is 2.38 bits per heavy atom. The van der Waals surface area contributed by atoms with Crippen molar-refractivity contribution in [3.8, 4) is 17.2 Å². The Morgan fingerprint density at radius 2 is 1.71 bits per heavy atom. The fourth-order valence-electron chi connectivity index (χ4n) is 3.87. The zero-order valence-corrected chi connectivity index (χ0v) is 21.0. The van der Waals surface area contributed by atoms with E-state index >= 15 is 0 Å². The number of hydrogen-bond donors (Lipinski definition) is 1. The summed E-state index contributed by atoms with van der Waals surface area (Å²) in [6, 6.07) is 15.6. The molecule has 0 saturated carbocycles. The molecule has 0 unspecified atom stereocenters. The molecule has 6 heteroatoms. The van der Waals surface area contributed by atoms with Crippen molar-refractivity contribution in [1.82, 2.24) is 5.32 Å². The second-order valence-electron chi connectivity index (χ2n) is 8.87. The molecular weight excluding hydrogens is 430 g/mol. The van der Waals surface area contributed by atoms with Gasteiger partial charge in [-0.2, -0.15) is 0 Å². The van der Waals surface area contributed by atoms with E-state index in [1.165, 1.54) is 5.56 Å². The highest BCUT2D eigenvalue weighted by Crippen LogP contribution is 2.32. The van der Waals surface area contributed by atoms with E-state index in [2.05, 4.69) is 38.2 Å². The summed E-state index contributed by atoms with van der Waals surface area (Å²) in [5.74, 6) is 2.91. The van der Waals surface area contributed by atoms with Gasteiger partial charge in [0.25, 0.3) is 5.91 Å². The molecule has 2 aromatic carbocycles. The number of methoxy groups -OCH3 is 3. The molecular formula is C28H35NO5. The largest absolute Gasteiger partial charge is 0.496 e. The van der Waals surface area contributed by atoms with Gasteiger partial charge in [0.15, 0.2) is 17.3 Å². The predicted octanol–water partition coefficient (Wildman–Crippen LogP) is 5.56. The predicted molar refractivity (Wildman–Crippen MR) is 133 cm³/mol. The Balaban J connectivity index is 1.66. The zero-order chi connectivity index (χ0) is 24.7. The number of benzene rings is 2. The van der Waals surface area contributed by atoms with E-state index in [0.717, 1.165) is 23.3 Å². The van der Waals surface area contributed by atoms with Crippen molar-refractivity contribution >= 4 is 5.91 Å². The van der Waals surface area contributed by atoms with Crippen molar-refractivity contribution in [3.63, 3.8) is 0 Å². The first-order chi connectivity index (χ1) is 16.3. The smallest absolute Gasteiger partial charge is 0.287 e. The summed E-state index contributed by atoms with van der Waals surface area (Å²) < 4.78 is 22.2. The van der Waals surface area contributed by atoms with Gasteiger partial charge in [0.1, 0.15) is 11.5 Å². The number of amides is 1. The van der Waals surface area contributed by atoms with E-state index in [0.29, 0.717) is 36.6 Å². The number of nitrogens with one attached hydrogen (secondary N) is 1. The molecule has 1 amide bonds. The molecule has 0 aliphatic rings. The monoisotopic (exact) mass is 465 g/mol. The van der Waals surface area contributed by atoms with Crippen molar-refractivity contribution in [1.29, 1.82) is 0 Å². The summed E-state index contributed by atoms with van der Waals surface area (Å²) >= 11 is 0. The van der Waals surface area contributed by atoms with Crippen molar-refractivity contribution in [2.45, 2.75) is 45.4 Å². The van der Waals surface area contributed by atoms with Gasteiger partial charge in [0, 0.05) is 18.5 Å². The highest BCUT2D eigenvalue weighted by atomic mass is 16.5. The van der Waals surface area contributed by atoms with Gasteiger partial charge >= 0.3 is 0 Å². The van der Waals surface area contributed by atoms with E-state index in [-0.39, 0.29) is 17.1 Å². The molecule has 0 radical (unpaired) electrons. The Kier molecular flexibility index (Phi) is 8.26. The molecule has 0 bridgehead atoms. The lowest BCUT2D eigenvalue weighted by molar-refractivity contribution is 0.0924. The van der Waals surface area contributed by atoms with Crippen molar-refractivity contribution in [2.24, 2.45) is 0 Å². The molecule has 0 saturated heterocycles. The summed E-state index contributed by atoms with van der Waals surface area (Å²) in [6.45, 7) is 7.09. The van der Waals surface area contributed by atoms with Gasteiger partial charge in [-0.3, -0.25) is 4.79 Å². The first kappa shape index (κ1) is 25.2. The Bertz CT molecular complexity index is 1120. The van der Waals surface area contributed by atoms with Crippen LogP contribution in [-0.2, 0) is 18.3 Å². The van der Waals surface area contributed by atoms with E-state index in [4.69, 9.17) is 18.6 Å². The molecule has 1 N–H and O–H groups in total. The molecule has 0 aliphatic heterocycles. The number of rotatable bonds is 11. The van der Waals surface area contributed by atoms with Crippen molar-refractivity contribution in [3.05, 3.63) is 76.7 Å². The number of para-hydroxylation sites is 1. The maximum absolute atomic E-state index is 12.6. The average Bonchev–Trinajstić information content (AvgIpc) is 3.32. The van der Waals surface area contributed by atoms with Gasteiger partial charge in [-0.1, -0.05) is 45.0 Å². The first-order valence-electron chi connectivity index (χ1n) is 11.6. The van der Waals surface area contributed by atoms with Crippen LogP contribution in [-0.4, -0.2) is 33.8 Å². The number of hydrogen-bond acceptors (Lipinski definition) is 5. The van der Waals surface area contributed by atoms with Crippen LogP contribution >= 0.6 is 0 Å². The molecule has 0 aliphatic carbocycles. The summed E-state index contributed by atoms with van der Waals surface area (Å²) in [5.41, 5.74) is 3.32. The fraction of sp³-hybridized carbons (Fsp3) is 0.393. The van der Waals surface area contributed by atoms with E-state index < -0.39 is 0 Å². The SMILES string of the molecule is CCC(C)(C)c1ccc(OC)c(Cc2ccc(C(=O)NCCc3cccc(OC)c3OC)o2)c1. The van der Waals surface area contributed by atoms with Gasteiger partial charge in [-0.15, -0.1) is 0 Å². The number of carbonyl (C=O) groups excluding carboxylic acids is 1. The molecule has 3 aromatic rings. The highest BCUT2D eigenvalue weighted by molar-refractivity contribution is 5.91. The quantitative estimate of drug-likeness (QED) is 0.402. The van der Waals surface area contributed by atoms with Gasteiger partial charge in [0.05, 0.1) is 21.3 Å². The second kappa shape index (κ2) is 11.1. The summed E-state index contributed by atoms with van der Waals surface area (Å²) in [5, 5.41) is 2.92. The van der Waals surface area contributed by atoms with Crippen LogP contribution in [0.3, 0.4) is 0 Å². The average molecular weight is 466 g/mol. The van der Waals surface area contributed by atoms with Crippen molar-refractivity contribution < 1.29 is 23.4 Å². The molecule has 0 atom stereocenters. The van der Waals surface area contributed by atoms with E-state index in [9.17, 15) is 4.79 Å². The zero-order valence-electron chi connectivity index (χ0n) is 21.0. The van der Waals surface area contributed by atoms with Crippen LogP contribution in [0.5, 0.6) is 17.2 Å². The highest BCUT2D eigenvalue weighted by Gasteiger charge is 2.20. The minimum Gasteiger partial charge on any atom is -0.496 e. The van der Waals surface area contributed by atoms with Gasteiger partial charge in [-0.05, 0) is 53.6 Å². The lowest BCUT2D eigenvalue weighted by Crippen LogP contribution is -2.25. The molecule has 0 fully saturated rings. The third kappa shape index (κ3) is 5.74. The summed E-state index contributed by atoms with van der Waals surface area (Å²) in [6.07, 6.45) is 2.19. The van der Waals surface area contributed by atoms with Gasteiger partial charge < -0.3 is 23.9 Å². The topological polar surface area (TPSA) is 69.9 Å². The van der Waals surface area contributed by atoms with Crippen LogP contribution in [0.15, 0.2) is 52.9 Å². The fourth-order valence-corrected chi connectivity index (χ4v) is 3.87. The molecule has 182 valence electrons. The van der Waals surface area contributed by atoms with Crippen LogP contribution < -0.4 is 19.5 Å². The number of carbonyl (C=O) groups is 1. The van der Waals surface area contributed by atoms with Crippen LogP contribution in [0.4, 0.5) is 0 Å². The Labute approximate surface area is 202 Å². The Morgan fingerprint density at radius 1 is 0.941 bits per heavy atom. The molecule has 1 aromatic heterocycles. The third-order valence-electron chi connectivity index (χ3n) is 6.36. The van der Waals surface area contributed by atoms with Crippen LogP contribution in [0.25, 0.3) is 0 Å². The van der Waals surface area contributed by atoms with E-state index in [1.54, 1.807) is 27.4 Å². The molecule has 1 heterocycles. The van der Waals surface area contributed by atoms with Gasteiger partial charge in [-0.25, -0.2) is 0 Å². The first-order valence-corrected chi connectivity index (χ1v) is 11.6. The second-order valence-corrected chi connectivity index (χ2v) is 8.87. The lowest BCUT2D eigenvalue weighted by atomic mass is 9.81. The Hall–Kier alpha value is -3.41. The summed E-state index contributed by atoms with van der Waals surface area (Å²) in [4.78, 5) is 12.6. The van der Waals surface area contributed by atoms with Crippen LogP contribution in [0.2, 0.25) is 0 Å². The lowest BCUT2D eigenvalue weighted by Gasteiger charge is -2.24. The van der Waals surface area contributed by atoms with Crippen molar-refractivity contribution in [2.75, 3.05) is 27.9 Å². The standard InChI is InChI=1S/C28H35NO5/c1-7-28(2,3)21-11-13-23(31-4)20(17-21)18-22-12-14-25(34-22)27(30)29-16-15-19-9-8-10-24(32-5)26(19)33-6/h8-14,17H,7,15-16,18H2,1-6H3,(H,29,30). The molecule has 34 heavy (non-hydrogen) atoms.